The molecule has 2 amide bonds. The zero-order valence-corrected chi connectivity index (χ0v) is 23.7. The van der Waals surface area contributed by atoms with Crippen LogP contribution in [0.2, 0.25) is 0 Å². The van der Waals surface area contributed by atoms with Crippen LogP contribution < -0.4 is 101 Å². The van der Waals surface area contributed by atoms with Crippen LogP contribution in [0.4, 0.5) is 23.1 Å². The van der Waals surface area contributed by atoms with Crippen LogP contribution in [0.3, 0.4) is 0 Å². The van der Waals surface area contributed by atoms with Gasteiger partial charge in [0, 0.05) is 30.3 Å². The topological polar surface area (TPSA) is 225 Å². The molecular weight excluding hydrogens is 496 g/mol. The van der Waals surface area contributed by atoms with E-state index in [1.165, 1.54) is 17.0 Å². The standard InChI is InChI=1S/C20H23N7O7.2Na/c21-20-25-16-15(18(32)26-20)27(9-28)12(8-23-16)7-22-11-3-1-10(2-4-11)17(31)24-13(19(33)34)5-6-14(29)30;;/h1-4,9,12-13,22H,5-8H2,(H,24,31)(H,29,30)(H,33,34)(H4,21,23,25,26,32);;/q;2*+1/p-2. The number of nitrogens with zero attached hydrogens (tertiary/aromatic N) is 2. The summed E-state index contributed by atoms with van der Waals surface area (Å²) < 4.78 is 0. The Balaban J connectivity index is 0.00000324. The van der Waals surface area contributed by atoms with Gasteiger partial charge in [0.15, 0.2) is 11.5 Å². The Morgan fingerprint density at radius 3 is 2.47 bits per heavy atom. The van der Waals surface area contributed by atoms with Gasteiger partial charge in [0.25, 0.3) is 11.5 Å². The Hall–Kier alpha value is -2.62. The fourth-order valence-corrected chi connectivity index (χ4v) is 3.38. The molecule has 14 nitrogen and oxygen atoms in total. The molecule has 2 atom stereocenters. The number of hydrogen-bond acceptors (Lipinski definition) is 11. The summed E-state index contributed by atoms with van der Waals surface area (Å²) in [6.07, 6.45) is -0.386. The van der Waals surface area contributed by atoms with Gasteiger partial charge in [-0.3, -0.25) is 19.4 Å². The second-order valence-electron chi connectivity index (χ2n) is 7.41. The number of nitrogens with one attached hydrogen (secondary N) is 4. The number of carbonyl (C=O) groups excluding carboxylic acids is 4. The first-order chi connectivity index (χ1) is 16.2. The van der Waals surface area contributed by atoms with Crippen molar-refractivity contribution >= 4 is 47.4 Å². The zero-order chi connectivity index (χ0) is 24.8. The number of carboxylic acid groups (broad SMARTS) is 2. The number of benzene rings is 1. The third-order valence-electron chi connectivity index (χ3n) is 5.10. The van der Waals surface area contributed by atoms with Crippen LogP contribution in [-0.4, -0.2) is 59.4 Å². The molecule has 1 aliphatic rings. The Labute approximate surface area is 249 Å². The first-order valence-corrected chi connectivity index (χ1v) is 10.1. The monoisotopic (exact) mass is 517 g/mol. The Bertz CT molecular complexity index is 1160. The summed E-state index contributed by atoms with van der Waals surface area (Å²) in [6.45, 7) is 0.544. The van der Waals surface area contributed by atoms with Gasteiger partial charge in [0.1, 0.15) is 0 Å². The van der Waals surface area contributed by atoms with Crippen molar-refractivity contribution in [3.05, 3.63) is 40.2 Å². The summed E-state index contributed by atoms with van der Waals surface area (Å²) in [5, 5.41) is 29.9. The van der Waals surface area contributed by atoms with Crippen LogP contribution in [0.5, 0.6) is 0 Å². The summed E-state index contributed by atoms with van der Waals surface area (Å²) >= 11 is 0. The largest absolute Gasteiger partial charge is 1.00 e. The fraction of sp³-hybridized carbons (Fsp3) is 0.300. The van der Waals surface area contributed by atoms with Crippen LogP contribution >= 0.6 is 0 Å². The molecule has 16 heteroatoms. The van der Waals surface area contributed by atoms with Gasteiger partial charge in [-0.05, 0) is 37.1 Å². The van der Waals surface area contributed by atoms with Gasteiger partial charge in [0.2, 0.25) is 12.4 Å². The number of anilines is 4. The van der Waals surface area contributed by atoms with Crippen molar-refractivity contribution in [2.75, 3.05) is 34.4 Å². The molecule has 0 bridgehead atoms. The van der Waals surface area contributed by atoms with Gasteiger partial charge in [-0.25, -0.2) is 0 Å². The van der Waals surface area contributed by atoms with Gasteiger partial charge in [-0.15, -0.1) is 0 Å². The number of nitrogens with two attached hydrogens (primary N) is 1. The molecule has 1 aromatic carbocycles. The second-order valence-corrected chi connectivity index (χ2v) is 7.41. The Morgan fingerprint density at radius 2 is 1.89 bits per heavy atom. The molecule has 0 saturated carbocycles. The van der Waals surface area contributed by atoms with Crippen molar-refractivity contribution in [2.24, 2.45) is 0 Å². The molecule has 2 heterocycles. The summed E-state index contributed by atoms with van der Waals surface area (Å²) in [5.74, 6) is -3.63. The molecule has 36 heavy (non-hydrogen) atoms. The summed E-state index contributed by atoms with van der Waals surface area (Å²) in [4.78, 5) is 65.4. The van der Waals surface area contributed by atoms with Gasteiger partial charge in [-0.2, -0.15) is 4.98 Å². The number of aromatic amines is 1. The number of aromatic nitrogens is 2. The van der Waals surface area contributed by atoms with E-state index in [2.05, 4.69) is 25.9 Å². The molecule has 0 spiro atoms. The van der Waals surface area contributed by atoms with Gasteiger partial charge >= 0.3 is 59.1 Å². The summed E-state index contributed by atoms with van der Waals surface area (Å²) in [7, 11) is 0. The normalized spacial score (nSPS) is 14.6. The van der Waals surface area contributed by atoms with Crippen LogP contribution in [0.15, 0.2) is 29.1 Å². The van der Waals surface area contributed by atoms with Gasteiger partial charge in [0.05, 0.1) is 18.1 Å². The number of fused-ring (bicyclic) bond motifs is 1. The summed E-state index contributed by atoms with van der Waals surface area (Å²) in [6, 6.07) is 4.08. The number of nitrogen functional groups attached to an aromatic ring is 1. The zero-order valence-electron chi connectivity index (χ0n) is 19.7. The van der Waals surface area contributed by atoms with E-state index in [4.69, 9.17) is 5.73 Å². The molecule has 1 aliphatic heterocycles. The van der Waals surface area contributed by atoms with Crippen LogP contribution in [0.1, 0.15) is 23.2 Å². The van der Waals surface area contributed by atoms with Crippen molar-refractivity contribution in [1.29, 1.82) is 0 Å². The molecular formula is C20H21N7Na2O7. The molecule has 180 valence electrons. The van der Waals surface area contributed by atoms with Crippen LogP contribution in [0.25, 0.3) is 0 Å². The predicted octanol–water partition coefficient (Wildman–Crippen LogP) is -9.39. The number of carboxylic acids is 2. The van der Waals surface area contributed by atoms with E-state index < -0.39 is 41.9 Å². The second kappa shape index (κ2) is 14.2. The Morgan fingerprint density at radius 1 is 1.22 bits per heavy atom. The van der Waals surface area contributed by atoms with Crippen molar-refractivity contribution < 1.29 is 88.5 Å². The molecule has 0 aliphatic carbocycles. The summed E-state index contributed by atoms with van der Waals surface area (Å²) in [5.41, 5.74) is 5.75. The van der Waals surface area contributed by atoms with Crippen molar-refractivity contribution in [3.63, 3.8) is 0 Å². The molecule has 0 fully saturated rings. The molecule has 6 N–H and O–H groups in total. The quantitative estimate of drug-likeness (QED) is 0.147. The van der Waals surface area contributed by atoms with Crippen molar-refractivity contribution in [2.45, 2.75) is 24.9 Å². The SMILES string of the molecule is Nc1nc2c(c(=O)[nH]1)N(C=O)C(CNc1ccc(C(=O)NC(CCC(=O)[O-])C(=O)[O-])cc1)CN2.[Na+].[Na+]. The minimum Gasteiger partial charge on any atom is -0.550 e. The number of hydrogen-bond donors (Lipinski definition) is 5. The maximum absolute atomic E-state index is 12.3. The van der Waals surface area contributed by atoms with Crippen LogP contribution in [-0.2, 0) is 14.4 Å². The van der Waals surface area contributed by atoms with E-state index in [0.717, 1.165) is 0 Å². The number of amides is 2. The third kappa shape index (κ3) is 7.94. The maximum Gasteiger partial charge on any atom is 1.00 e. The van der Waals surface area contributed by atoms with E-state index in [1.54, 1.807) is 12.1 Å². The minimum atomic E-state index is -1.60. The van der Waals surface area contributed by atoms with Crippen LogP contribution in [0, 0.1) is 0 Å². The van der Waals surface area contributed by atoms with E-state index in [1.807, 2.05) is 0 Å². The number of H-pyrrole nitrogens is 1. The van der Waals surface area contributed by atoms with Gasteiger partial charge < -0.3 is 46.4 Å². The number of aliphatic carboxylic acids is 2. The smallest absolute Gasteiger partial charge is 0.550 e. The van der Waals surface area contributed by atoms with Crippen molar-refractivity contribution in [3.8, 4) is 0 Å². The molecule has 0 radical (unpaired) electrons. The van der Waals surface area contributed by atoms with E-state index in [9.17, 15) is 34.2 Å². The first kappa shape index (κ1) is 31.4. The van der Waals surface area contributed by atoms with Crippen molar-refractivity contribution in [1.82, 2.24) is 15.3 Å². The molecule has 2 unspecified atom stereocenters. The average Bonchev–Trinajstić information content (AvgIpc) is 2.79. The van der Waals surface area contributed by atoms with E-state index in [0.29, 0.717) is 18.6 Å². The predicted molar refractivity (Wildman–Crippen MR) is 116 cm³/mol. The maximum atomic E-state index is 12.3. The Kier molecular flexibility index (Phi) is 12.4. The molecule has 2 aromatic rings. The van der Waals surface area contributed by atoms with E-state index >= 15 is 0 Å². The average molecular weight is 517 g/mol. The molecule has 3 rings (SSSR count). The van der Waals surface area contributed by atoms with Gasteiger partial charge in [-0.1, -0.05) is 0 Å². The minimum absolute atomic E-state index is 0. The van der Waals surface area contributed by atoms with E-state index in [-0.39, 0.29) is 95.1 Å². The molecule has 1 aromatic heterocycles. The first-order valence-electron chi connectivity index (χ1n) is 10.1. The molecule has 0 saturated heterocycles. The number of rotatable bonds is 10. The fourth-order valence-electron chi connectivity index (χ4n) is 3.38. The third-order valence-corrected chi connectivity index (χ3v) is 5.10. The number of carbonyl (C=O) groups is 4.